The molecule has 2 aromatic carbocycles. The Morgan fingerprint density at radius 3 is 2.19 bits per heavy atom. The molecule has 0 spiro atoms. The summed E-state index contributed by atoms with van der Waals surface area (Å²) in [5.41, 5.74) is 4.88. The number of hydrogen-bond acceptors (Lipinski definition) is 3. The lowest BCUT2D eigenvalue weighted by molar-refractivity contribution is -0.0788. The Hall–Kier alpha value is -2.33. The third kappa shape index (κ3) is 5.10. The van der Waals surface area contributed by atoms with Gasteiger partial charge in [-0.25, -0.2) is 4.79 Å². The Labute approximate surface area is 162 Å². The van der Waals surface area contributed by atoms with E-state index in [9.17, 15) is 4.79 Å². The molecular formula is C23H29NO3. The molecule has 0 N–H and O–H groups in total. The lowest BCUT2D eigenvalue weighted by Crippen LogP contribution is -2.45. The van der Waals surface area contributed by atoms with E-state index >= 15 is 0 Å². The van der Waals surface area contributed by atoms with Crippen LogP contribution in [0.4, 0.5) is 4.79 Å². The second kappa shape index (κ2) is 9.56. The molecule has 1 heterocycles. The normalized spacial score (nSPS) is 17.0. The molecular weight excluding hydrogens is 338 g/mol. The number of carbonyl (C=O) groups excluding carboxylic acids is 1. The maximum Gasteiger partial charge on any atom is 0.411 e. The van der Waals surface area contributed by atoms with Crippen molar-refractivity contribution in [3.63, 3.8) is 0 Å². The van der Waals surface area contributed by atoms with E-state index in [0.29, 0.717) is 19.8 Å². The number of likely N-dealkylation sites (tertiary alicyclic amines) is 1. The number of nitrogens with zero attached hydrogens (tertiary/aromatic N) is 1. The van der Waals surface area contributed by atoms with Gasteiger partial charge in [-0.1, -0.05) is 55.5 Å². The van der Waals surface area contributed by atoms with E-state index in [2.05, 4.69) is 55.5 Å². The molecule has 1 aliphatic heterocycles. The Morgan fingerprint density at radius 2 is 1.59 bits per heavy atom. The molecule has 1 saturated heterocycles. The Bertz CT molecular complexity index is 724. The number of rotatable bonds is 6. The summed E-state index contributed by atoms with van der Waals surface area (Å²) in [5, 5.41) is 0. The molecule has 27 heavy (non-hydrogen) atoms. The number of piperidine rings is 1. The molecule has 0 saturated carbocycles. The summed E-state index contributed by atoms with van der Waals surface area (Å²) in [6.07, 6.45) is 3.53. The van der Waals surface area contributed by atoms with Crippen LogP contribution in [-0.4, -0.2) is 30.4 Å². The lowest BCUT2D eigenvalue weighted by atomic mass is 10.0. The van der Waals surface area contributed by atoms with Crippen molar-refractivity contribution in [1.82, 2.24) is 4.90 Å². The minimum absolute atomic E-state index is 0.195. The fraction of sp³-hybridized carbons (Fsp3) is 0.435. The predicted octanol–water partition coefficient (Wildman–Crippen LogP) is 5.40. The minimum Gasteiger partial charge on any atom is -0.450 e. The highest BCUT2D eigenvalue weighted by Gasteiger charge is 2.28. The van der Waals surface area contributed by atoms with Crippen molar-refractivity contribution in [2.24, 2.45) is 0 Å². The molecule has 1 amide bonds. The van der Waals surface area contributed by atoms with Crippen LogP contribution in [0.5, 0.6) is 0 Å². The van der Waals surface area contributed by atoms with Crippen molar-refractivity contribution in [2.45, 2.75) is 52.4 Å². The van der Waals surface area contributed by atoms with Crippen molar-refractivity contribution in [3.8, 4) is 11.1 Å². The van der Waals surface area contributed by atoms with E-state index in [1.54, 1.807) is 4.90 Å². The molecule has 2 aromatic rings. The monoisotopic (exact) mass is 367 g/mol. The van der Waals surface area contributed by atoms with E-state index in [0.717, 1.165) is 31.2 Å². The van der Waals surface area contributed by atoms with Crippen LogP contribution in [0.25, 0.3) is 11.1 Å². The highest BCUT2D eigenvalue weighted by molar-refractivity contribution is 5.68. The summed E-state index contributed by atoms with van der Waals surface area (Å²) in [5.74, 6) is 0. The van der Waals surface area contributed by atoms with Gasteiger partial charge in [-0.2, -0.15) is 0 Å². The van der Waals surface area contributed by atoms with Crippen LogP contribution in [0.1, 0.15) is 44.2 Å². The molecule has 144 valence electrons. The maximum atomic E-state index is 12.1. The van der Waals surface area contributed by atoms with Gasteiger partial charge in [0, 0.05) is 6.54 Å². The molecule has 4 nitrogen and oxygen atoms in total. The van der Waals surface area contributed by atoms with Gasteiger partial charge in [0.25, 0.3) is 0 Å². The summed E-state index contributed by atoms with van der Waals surface area (Å²) in [6, 6.07) is 17.2. The third-order valence-corrected chi connectivity index (χ3v) is 5.04. The second-order valence-corrected chi connectivity index (χ2v) is 6.90. The van der Waals surface area contributed by atoms with Gasteiger partial charge in [0.15, 0.2) is 0 Å². The van der Waals surface area contributed by atoms with Crippen molar-refractivity contribution >= 4 is 6.09 Å². The predicted molar refractivity (Wildman–Crippen MR) is 107 cm³/mol. The standard InChI is InChI=1S/C23H29NO3/c1-3-18-8-12-20(13-9-18)21-14-10-19(11-15-21)17-27-22-7-5-6-16-24(22)23(25)26-4-2/h8-15,22H,3-7,16-17H2,1-2H3. The van der Waals surface area contributed by atoms with Gasteiger partial charge in [-0.15, -0.1) is 0 Å². The number of ether oxygens (including phenoxy) is 2. The number of hydrogen-bond donors (Lipinski definition) is 0. The maximum absolute atomic E-state index is 12.1. The van der Waals surface area contributed by atoms with Gasteiger partial charge in [-0.05, 0) is 54.9 Å². The largest absolute Gasteiger partial charge is 0.450 e. The zero-order valence-electron chi connectivity index (χ0n) is 16.3. The molecule has 1 atom stereocenters. The Kier molecular flexibility index (Phi) is 6.88. The highest BCUT2D eigenvalue weighted by atomic mass is 16.6. The van der Waals surface area contributed by atoms with Crippen molar-refractivity contribution < 1.29 is 14.3 Å². The molecule has 0 aromatic heterocycles. The van der Waals surface area contributed by atoms with E-state index in [4.69, 9.17) is 9.47 Å². The average molecular weight is 367 g/mol. The number of amides is 1. The van der Waals surface area contributed by atoms with Gasteiger partial charge in [-0.3, -0.25) is 4.90 Å². The van der Waals surface area contributed by atoms with Crippen LogP contribution in [0, 0.1) is 0 Å². The molecule has 0 aliphatic carbocycles. The summed E-state index contributed by atoms with van der Waals surface area (Å²) >= 11 is 0. The number of aryl methyl sites for hydroxylation is 1. The van der Waals surface area contributed by atoms with Gasteiger partial charge in [0.2, 0.25) is 0 Å². The van der Waals surface area contributed by atoms with Gasteiger partial charge >= 0.3 is 6.09 Å². The highest BCUT2D eigenvalue weighted by Crippen LogP contribution is 2.23. The van der Waals surface area contributed by atoms with Crippen LogP contribution >= 0.6 is 0 Å². The Morgan fingerprint density at radius 1 is 0.963 bits per heavy atom. The third-order valence-electron chi connectivity index (χ3n) is 5.04. The summed E-state index contributed by atoms with van der Waals surface area (Å²) in [6.45, 7) is 5.59. The van der Waals surface area contributed by atoms with Gasteiger partial charge < -0.3 is 9.47 Å². The molecule has 4 heteroatoms. The van der Waals surface area contributed by atoms with Crippen LogP contribution < -0.4 is 0 Å². The smallest absolute Gasteiger partial charge is 0.411 e. The first-order valence-corrected chi connectivity index (χ1v) is 9.94. The summed E-state index contributed by atoms with van der Waals surface area (Å²) in [4.78, 5) is 13.8. The molecule has 1 fully saturated rings. The fourth-order valence-electron chi connectivity index (χ4n) is 3.41. The van der Waals surface area contributed by atoms with Crippen molar-refractivity contribution in [2.75, 3.05) is 13.2 Å². The molecule has 3 rings (SSSR count). The van der Waals surface area contributed by atoms with E-state index in [-0.39, 0.29) is 12.3 Å². The molecule has 1 unspecified atom stereocenters. The SMILES string of the molecule is CCOC(=O)N1CCCCC1OCc1ccc(-c2ccc(CC)cc2)cc1. The van der Waals surface area contributed by atoms with Crippen molar-refractivity contribution in [3.05, 3.63) is 59.7 Å². The number of benzene rings is 2. The van der Waals surface area contributed by atoms with Gasteiger partial charge in [0.1, 0.15) is 6.23 Å². The fourth-order valence-corrected chi connectivity index (χ4v) is 3.41. The average Bonchev–Trinajstić information content (AvgIpc) is 2.73. The van der Waals surface area contributed by atoms with Crippen LogP contribution in [0.3, 0.4) is 0 Å². The second-order valence-electron chi connectivity index (χ2n) is 6.90. The zero-order valence-corrected chi connectivity index (χ0v) is 16.3. The molecule has 1 aliphatic rings. The lowest BCUT2D eigenvalue weighted by Gasteiger charge is -2.34. The Balaban J connectivity index is 1.59. The van der Waals surface area contributed by atoms with Crippen LogP contribution in [0.2, 0.25) is 0 Å². The van der Waals surface area contributed by atoms with E-state index < -0.39 is 0 Å². The minimum atomic E-state index is -0.270. The van der Waals surface area contributed by atoms with Crippen molar-refractivity contribution in [1.29, 1.82) is 0 Å². The first-order valence-electron chi connectivity index (χ1n) is 9.94. The van der Waals surface area contributed by atoms with E-state index in [1.807, 2.05) is 6.92 Å². The topological polar surface area (TPSA) is 38.8 Å². The summed E-state index contributed by atoms with van der Waals surface area (Å²) < 4.78 is 11.2. The molecule has 0 bridgehead atoms. The first kappa shape index (κ1) is 19.4. The first-order chi connectivity index (χ1) is 13.2. The quantitative estimate of drug-likeness (QED) is 0.686. The van der Waals surface area contributed by atoms with Crippen LogP contribution in [0.15, 0.2) is 48.5 Å². The van der Waals surface area contributed by atoms with Gasteiger partial charge in [0.05, 0.1) is 13.2 Å². The molecule has 0 radical (unpaired) electrons. The van der Waals surface area contributed by atoms with E-state index in [1.165, 1.54) is 16.7 Å². The summed E-state index contributed by atoms with van der Waals surface area (Å²) in [7, 11) is 0. The number of carbonyl (C=O) groups is 1. The van der Waals surface area contributed by atoms with Crippen LogP contribution in [-0.2, 0) is 22.5 Å². The zero-order chi connectivity index (χ0) is 19.1.